The number of carboxylic acids is 2. The van der Waals surface area contributed by atoms with E-state index in [0.717, 1.165) is 0 Å². The Hall–Kier alpha value is -2.34. The lowest BCUT2D eigenvalue weighted by Crippen LogP contribution is -2.57. The number of hydrogen-bond acceptors (Lipinski definition) is 7. The lowest BCUT2D eigenvalue weighted by atomic mass is 10.1. The van der Waals surface area contributed by atoms with E-state index in [1.807, 2.05) is 0 Å². The minimum atomic E-state index is -1.46. The van der Waals surface area contributed by atoms with Crippen LogP contribution in [-0.4, -0.2) is 69.8 Å². The van der Waals surface area contributed by atoms with E-state index in [0.29, 0.717) is 0 Å². The highest BCUT2D eigenvalue weighted by molar-refractivity contribution is 7.80. The number of carboxylic acid groups (broad SMARTS) is 2. The summed E-state index contributed by atoms with van der Waals surface area (Å²) in [5, 5.41) is 24.1. The van der Waals surface area contributed by atoms with Crippen molar-refractivity contribution in [2.45, 2.75) is 44.4 Å². The average Bonchev–Trinajstić information content (AvgIpc) is 2.50. The molecule has 25 heavy (non-hydrogen) atoms. The second kappa shape index (κ2) is 10.5. The maximum atomic E-state index is 12.2. The van der Waals surface area contributed by atoms with Gasteiger partial charge in [0.2, 0.25) is 17.7 Å². The zero-order chi connectivity index (χ0) is 19.7. The van der Waals surface area contributed by atoms with Crippen LogP contribution in [0.5, 0.6) is 0 Å². The molecule has 0 aromatic heterocycles. The number of rotatable bonds is 10. The van der Waals surface area contributed by atoms with Gasteiger partial charge in [-0.25, -0.2) is 0 Å². The molecule has 7 N–H and O–H groups in total. The fourth-order valence-electron chi connectivity index (χ4n) is 1.53. The number of aliphatic carboxylic acids is 2. The molecule has 4 atom stereocenters. The van der Waals surface area contributed by atoms with Crippen LogP contribution in [0.3, 0.4) is 0 Å². The molecule has 0 radical (unpaired) electrons. The molecule has 0 aliphatic rings. The molecule has 12 heteroatoms. The van der Waals surface area contributed by atoms with E-state index in [1.54, 1.807) is 0 Å². The van der Waals surface area contributed by atoms with Crippen LogP contribution in [-0.2, 0) is 24.0 Å². The number of thiol groups is 1. The largest absolute Gasteiger partial charge is 0.481 e. The van der Waals surface area contributed by atoms with E-state index in [-0.39, 0.29) is 5.75 Å². The molecule has 0 saturated heterocycles. The lowest BCUT2D eigenvalue weighted by molar-refractivity contribution is -0.142. The monoisotopic (exact) mass is 378 g/mol. The standard InChI is InChI=1S/C13H22N4O7S/c1-5(14)10(20)16-7(3-9(18)19)11(21)17-8(4-25)12(22)15-6(2)13(23)24/h5-8,25H,3-4,14H2,1-2H3,(H,15,22)(H,16,20)(H,17,21)(H,18,19)(H,23,24). The molecule has 0 rings (SSSR count). The summed E-state index contributed by atoms with van der Waals surface area (Å²) in [6.07, 6.45) is -0.725. The first-order valence-electron chi connectivity index (χ1n) is 7.21. The van der Waals surface area contributed by atoms with Crippen molar-refractivity contribution >= 4 is 42.3 Å². The summed E-state index contributed by atoms with van der Waals surface area (Å²) in [5.41, 5.74) is 5.35. The number of carbonyl (C=O) groups excluding carboxylic acids is 3. The smallest absolute Gasteiger partial charge is 0.325 e. The Morgan fingerprint density at radius 1 is 0.920 bits per heavy atom. The van der Waals surface area contributed by atoms with Gasteiger partial charge in [0.15, 0.2) is 0 Å². The van der Waals surface area contributed by atoms with Crippen LogP contribution in [0.4, 0.5) is 0 Å². The highest BCUT2D eigenvalue weighted by Crippen LogP contribution is 1.98. The molecule has 0 bridgehead atoms. The molecule has 0 aliphatic heterocycles. The van der Waals surface area contributed by atoms with Gasteiger partial charge < -0.3 is 31.9 Å². The van der Waals surface area contributed by atoms with Crippen molar-refractivity contribution in [2.75, 3.05) is 5.75 Å². The van der Waals surface area contributed by atoms with Crippen LogP contribution < -0.4 is 21.7 Å². The van der Waals surface area contributed by atoms with Gasteiger partial charge in [0, 0.05) is 5.75 Å². The van der Waals surface area contributed by atoms with E-state index < -0.39 is 60.2 Å². The van der Waals surface area contributed by atoms with Crippen molar-refractivity contribution in [3.8, 4) is 0 Å². The van der Waals surface area contributed by atoms with Crippen molar-refractivity contribution in [1.82, 2.24) is 16.0 Å². The first kappa shape index (κ1) is 22.7. The summed E-state index contributed by atoms with van der Waals surface area (Å²) >= 11 is 3.90. The number of hydrogen-bond donors (Lipinski definition) is 7. The highest BCUT2D eigenvalue weighted by Gasteiger charge is 2.29. The SMILES string of the molecule is CC(N)C(=O)NC(CC(=O)O)C(=O)NC(CS)C(=O)NC(C)C(=O)O. The lowest BCUT2D eigenvalue weighted by Gasteiger charge is -2.22. The predicted molar refractivity (Wildman–Crippen MR) is 88.9 cm³/mol. The Morgan fingerprint density at radius 3 is 1.80 bits per heavy atom. The van der Waals surface area contributed by atoms with Gasteiger partial charge in [-0.3, -0.25) is 24.0 Å². The molecule has 3 amide bonds. The fraction of sp³-hybridized carbons (Fsp3) is 0.615. The van der Waals surface area contributed by atoms with Crippen LogP contribution in [0.15, 0.2) is 0 Å². The fourth-order valence-corrected chi connectivity index (χ4v) is 1.79. The predicted octanol–water partition coefficient (Wildman–Crippen LogP) is -2.70. The summed E-state index contributed by atoms with van der Waals surface area (Å²) in [4.78, 5) is 57.3. The quantitative estimate of drug-likeness (QED) is 0.200. The topological polar surface area (TPSA) is 188 Å². The van der Waals surface area contributed by atoms with Crippen LogP contribution in [0.25, 0.3) is 0 Å². The van der Waals surface area contributed by atoms with Gasteiger partial charge >= 0.3 is 11.9 Å². The van der Waals surface area contributed by atoms with Gasteiger partial charge in [0.1, 0.15) is 18.1 Å². The normalized spacial score (nSPS) is 15.2. The Kier molecular flexibility index (Phi) is 9.53. The molecule has 0 heterocycles. The first-order valence-corrected chi connectivity index (χ1v) is 7.85. The summed E-state index contributed by atoms with van der Waals surface area (Å²) in [6, 6.07) is -4.84. The van der Waals surface area contributed by atoms with Crippen molar-refractivity contribution < 1.29 is 34.2 Å². The third-order valence-electron chi connectivity index (χ3n) is 2.97. The van der Waals surface area contributed by atoms with Gasteiger partial charge in [0.25, 0.3) is 0 Å². The van der Waals surface area contributed by atoms with E-state index in [4.69, 9.17) is 15.9 Å². The highest BCUT2D eigenvalue weighted by atomic mass is 32.1. The van der Waals surface area contributed by atoms with Gasteiger partial charge in [-0.2, -0.15) is 12.6 Å². The summed E-state index contributed by atoms with van der Waals surface area (Å²) in [7, 11) is 0. The van der Waals surface area contributed by atoms with Gasteiger partial charge in [0.05, 0.1) is 12.5 Å². The van der Waals surface area contributed by atoms with Crippen molar-refractivity contribution in [3.05, 3.63) is 0 Å². The maximum Gasteiger partial charge on any atom is 0.325 e. The molecule has 0 fully saturated rings. The van der Waals surface area contributed by atoms with E-state index in [1.165, 1.54) is 13.8 Å². The third kappa shape index (κ3) is 8.35. The molecule has 0 aromatic carbocycles. The molecule has 4 unspecified atom stereocenters. The number of nitrogens with one attached hydrogen (secondary N) is 3. The van der Waals surface area contributed by atoms with Gasteiger partial charge in [-0.1, -0.05) is 0 Å². The molecule has 142 valence electrons. The van der Waals surface area contributed by atoms with Crippen molar-refractivity contribution in [3.63, 3.8) is 0 Å². The first-order chi connectivity index (χ1) is 11.5. The third-order valence-corrected chi connectivity index (χ3v) is 3.34. The zero-order valence-corrected chi connectivity index (χ0v) is 14.6. The number of nitrogens with two attached hydrogens (primary N) is 1. The maximum absolute atomic E-state index is 12.2. The summed E-state index contributed by atoms with van der Waals surface area (Å²) in [5.74, 6) is -5.29. The Balaban J connectivity index is 5.03. The average molecular weight is 378 g/mol. The van der Waals surface area contributed by atoms with Crippen LogP contribution in [0, 0.1) is 0 Å². The number of carbonyl (C=O) groups is 5. The van der Waals surface area contributed by atoms with Crippen LogP contribution in [0.1, 0.15) is 20.3 Å². The van der Waals surface area contributed by atoms with Crippen LogP contribution >= 0.6 is 12.6 Å². The van der Waals surface area contributed by atoms with Gasteiger partial charge in [-0.05, 0) is 13.8 Å². The molecule has 0 saturated carbocycles. The molecule has 0 aromatic rings. The van der Waals surface area contributed by atoms with Gasteiger partial charge in [-0.15, -0.1) is 0 Å². The summed E-state index contributed by atoms with van der Waals surface area (Å²) < 4.78 is 0. The molecule has 0 spiro atoms. The van der Waals surface area contributed by atoms with Crippen molar-refractivity contribution in [2.24, 2.45) is 5.73 Å². The van der Waals surface area contributed by atoms with E-state index in [9.17, 15) is 24.0 Å². The number of amides is 3. The second-order valence-corrected chi connectivity index (χ2v) is 5.63. The minimum absolute atomic E-state index is 0.176. The molecule has 0 aliphatic carbocycles. The zero-order valence-electron chi connectivity index (χ0n) is 13.7. The molecule has 11 nitrogen and oxygen atoms in total. The Bertz CT molecular complexity index is 540. The minimum Gasteiger partial charge on any atom is -0.481 e. The Labute approximate surface area is 149 Å². The summed E-state index contributed by atoms with van der Waals surface area (Å²) in [6.45, 7) is 2.58. The second-order valence-electron chi connectivity index (χ2n) is 5.26. The Morgan fingerprint density at radius 2 is 1.40 bits per heavy atom. The van der Waals surface area contributed by atoms with E-state index >= 15 is 0 Å². The molecular formula is C13H22N4O7S. The van der Waals surface area contributed by atoms with Crippen LogP contribution in [0.2, 0.25) is 0 Å². The van der Waals surface area contributed by atoms with Crippen molar-refractivity contribution in [1.29, 1.82) is 0 Å². The van der Waals surface area contributed by atoms with E-state index in [2.05, 4.69) is 28.6 Å². The molecular weight excluding hydrogens is 356 g/mol.